The molecule has 0 amide bonds. The molecule has 0 radical (unpaired) electrons. The van der Waals surface area contributed by atoms with Crippen LogP contribution in [0.1, 0.15) is 16.3 Å². The van der Waals surface area contributed by atoms with E-state index in [1.54, 1.807) is 12.1 Å². The number of rotatable bonds is 8. The molecule has 0 bridgehead atoms. The zero-order valence-electron chi connectivity index (χ0n) is 14.0. The van der Waals surface area contributed by atoms with Crippen molar-refractivity contribution in [3.63, 3.8) is 0 Å². The normalized spacial score (nSPS) is 10.7. The lowest BCUT2D eigenvalue weighted by Gasteiger charge is -2.05. The molecule has 0 aliphatic carbocycles. The van der Waals surface area contributed by atoms with Crippen LogP contribution in [-0.4, -0.2) is 22.7 Å². The Kier molecular flexibility index (Phi) is 6.26. The first-order valence-corrected chi connectivity index (χ1v) is 9.45. The minimum atomic E-state index is -0.844. The smallest absolute Gasteiger partial charge is 0.308 e. The molecular formula is C20H18ClNO3S. The molecule has 0 unspecified atom stereocenters. The number of carboxylic acids is 1. The van der Waals surface area contributed by atoms with E-state index in [0.717, 1.165) is 39.7 Å². The summed E-state index contributed by atoms with van der Waals surface area (Å²) in [5, 5.41) is 10.8. The minimum absolute atomic E-state index is 0.0107. The van der Waals surface area contributed by atoms with Crippen molar-refractivity contribution in [3.05, 3.63) is 69.5 Å². The number of aliphatic carboxylic acids is 1. The molecular weight excluding hydrogens is 370 g/mol. The third-order valence-corrected chi connectivity index (χ3v) is 5.09. The van der Waals surface area contributed by atoms with Crippen molar-refractivity contribution in [2.24, 2.45) is 0 Å². The maximum Gasteiger partial charge on any atom is 0.308 e. The van der Waals surface area contributed by atoms with E-state index in [2.05, 4.69) is 4.98 Å². The van der Waals surface area contributed by atoms with Crippen LogP contribution in [0.4, 0.5) is 0 Å². The van der Waals surface area contributed by atoms with Crippen LogP contribution >= 0.6 is 22.9 Å². The maximum absolute atomic E-state index is 11.2. The monoisotopic (exact) mass is 387 g/mol. The number of carboxylic acid groups (broad SMARTS) is 1. The molecule has 0 atom stereocenters. The number of halogens is 1. The second-order valence-electron chi connectivity index (χ2n) is 5.72. The van der Waals surface area contributed by atoms with Crippen molar-refractivity contribution < 1.29 is 14.6 Å². The number of carbonyl (C=O) groups is 1. The summed E-state index contributed by atoms with van der Waals surface area (Å²) in [6.07, 6.45) is 1.54. The highest BCUT2D eigenvalue weighted by atomic mass is 35.5. The SMILES string of the molecule is O=C(O)Cc1sc(CCCOc2ccc(Cl)cc2)nc1-c1ccccc1. The van der Waals surface area contributed by atoms with E-state index in [4.69, 9.17) is 21.4 Å². The lowest BCUT2D eigenvalue weighted by Crippen LogP contribution is -1.99. The molecule has 2 aromatic carbocycles. The summed E-state index contributed by atoms with van der Waals surface area (Å²) in [5.41, 5.74) is 1.72. The first-order chi connectivity index (χ1) is 12.6. The molecule has 1 N–H and O–H groups in total. The van der Waals surface area contributed by atoms with E-state index in [0.29, 0.717) is 11.6 Å². The van der Waals surface area contributed by atoms with Crippen LogP contribution in [-0.2, 0) is 17.6 Å². The van der Waals surface area contributed by atoms with E-state index < -0.39 is 5.97 Å². The maximum atomic E-state index is 11.2. The van der Waals surface area contributed by atoms with Gasteiger partial charge in [0, 0.05) is 21.9 Å². The Morgan fingerprint density at radius 3 is 2.54 bits per heavy atom. The predicted molar refractivity (Wildman–Crippen MR) is 104 cm³/mol. The molecule has 0 saturated carbocycles. The molecule has 3 aromatic rings. The molecule has 0 aliphatic heterocycles. The van der Waals surface area contributed by atoms with Crippen LogP contribution in [0.25, 0.3) is 11.3 Å². The van der Waals surface area contributed by atoms with Crippen molar-refractivity contribution in [1.82, 2.24) is 4.98 Å². The van der Waals surface area contributed by atoms with Gasteiger partial charge < -0.3 is 9.84 Å². The van der Waals surface area contributed by atoms with Gasteiger partial charge in [0.2, 0.25) is 0 Å². The molecule has 1 aromatic heterocycles. The molecule has 26 heavy (non-hydrogen) atoms. The predicted octanol–water partition coefficient (Wildman–Crippen LogP) is 5.10. The van der Waals surface area contributed by atoms with Crippen molar-refractivity contribution in [3.8, 4) is 17.0 Å². The van der Waals surface area contributed by atoms with Crippen molar-refractivity contribution in [2.45, 2.75) is 19.3 Å². The molecule has 0 saturated heterocycles. The second kappa shape index (κ2) is 8.83. The van der Waals surface area contributed by atoms with Gasteiger partial charge >= 0.3 is 5.97 Å². The van der Waals surface area contributed by atoms with Crippen LogP contribution in [0.3, 0.4) is 0 Å². The highest BCUT2D eigenvalue weighted by molar-refractivity contribution is 7.12. The minimum Gasteiger partial charge on any atom is -0.494 e. The third kappa shape index (κ3) is 5.07. The number of aryl methyl sites for hydroxylation is 1. The van der Waals surface area contributed by atoms with E-state index in [1.807, 2.05) is 42.5 Å². The molecule has 6 heteroatoms. The highest BCUT2D eigenvalue weighted by Gasteiger charge is 2.15. The Morgan fingerprint density at radius 1 is 1.12 bits per heavy atom. The molecule has 0 aliphatic rings. The van der Waals surface area contributed by atoms with Crippen molar-refractivity contribution >= 4 is 28.9 Å². The Hall–Kier alpha value is -2.37. The van der Waals surface area contributed by atoms with Crippen LogP contribution in [0.15, 0.2) is 54.6 Å². The van der Waals surface area contributed by atoms with Crippen molar-refractivity contribution in [2.75, 3.05) is 6.61 Å². The van der Waals surface area contributed by atoms with Gasteiger partial charge in [0.15, 0.2) is 0 Å². The first-order valence-electron chi connectivity index (χ1n) is 8.26. The Bertz CT molecular complexity index is 863. The fourth-order valence-electron chi connectivity index (χ4n) is 2.53. The van der Waals surface area contributed by atoms with Crippen LogP contribution < -0.4 is 4.74 Å². The molecule has 1 heterocycles. The number of aromatic nitrogens is 1. The lowest BCUT2D eigenvalue weighted by atomic mass is 10.1. The summed E-state index contributed by atoms with van der Waals surface area (Å²) in [5.74, 6) is -0.0615. The van der Waals surface area contributed by atoms with Gasteiger partial charge in [0.05, 0.1) is 23.7 Å². The molecule has 4 nitrogen and oxygen atoms in total. The van der Waals surface area contributed by atoms with Gasteiger partial charge in [-0.2, -0.15) is 0 Å². The highest BCUT2D eigenvalue weighted by Crippen LogP contribution is 2.29. The van der Waals surface area contributed by atoms with Crippen LogP contribution in [0.2, 0.25) is 5.02 Å². The largest absolute Gasteiger partial charge is 0.494 e. The van der Waals surface area contributed by atoms with Gasteiger partial charge in [-0.25, -0.2) is 4.98 Å². The summed E-state index contributed by atoms with van der Waals surface area (Å²) in [7, 11) is 0. The third-order valence-electron chi connectivity index (χ3n) is 3.72. The van der Waals surface area contributed by atoms with Crippen LogP contribution in [0.5, 0.6) is 5.75 Å². The van der Waals surface area contributed by atoms with E-state index in [9.17, 15) is 4.79 Å². The lowest BCUT2D eigenvalue weighted by molar-refractivity contribution is -0.136. The first kappa shape index (κ1) is 18.4. The summed E-state index contributed by atoms with van der Waals surface area (Å²) in [4.78, 5) is 16.6. The topological polar surface area (TPSA) is 59.4 Å². The number of nitrogens with zero attached hydrogens (tertiary/aromatic N) is 1. The molecule has 3 rings (SSSR count). The number of hydrogen-bond acceptors (Lipinski definition) is 4. The fraction of sp³-hybridized carbons (Fsp3) is 0.200. The van der Waals surface area contributed by atoms with Crippen LogP contribution in [0, 0.1) is 0 Å². The number of hydrogen-bond donors (Lipinski definition) is 1. The number of ether oxygens (including phenoxy) is 1. The summed E-state index contributed by atoms with van der Waals surface area (Å²) in [6.45, 7) is 0.566. The quantitative estimate of drug-likeness (QED) is 0.546. The molecule has 0 spiro atoms. The van der Waals surface area contributed by atoms with Crippen molar-refractivity contribution in [1.29, 1.82) is 0 Å². The Labute approximate surface area is 161 Å². The standard InChI is InChI=1S/C20H18ClNO3S/c21-15-8-10-16(11-9-15)25-12-4-7-18-22-20(14-5-2-1-3-6-14)17(26-18)13-19(23)24/h1-3,5-6,8-11H,4,7,12-13H2,(H,23,24). The zero-order valence-corrected chi connectivity index (χ0v) is 15.6. The van der Waals surface area contributed by atoms with Gasteiger partial charge in [-0.1, -0.05) is 41.9 Å². The Morgan fingerprint density at radius 2 is 1.85 bits per heavy atom. The summed E-state index contributed by atoms with van der Waals surface area (Å²) < 4.78 is 5.69. The van der Waals surface area contributed by atoms with Gasteiger partial charge in [-0.05, 0) is 30.7 Å². The van der Waals surface area contributed by atoms with Gasteiger partial charge in [-0.15, -0.1) is 11.3 Å². The molecule has 0 fully saturated rings. The van der Waals surface area contributed by atoms with Gasteiger partial charge in [0.1, 0.15) is 5.75 Å². The molecule has 134 valence electrons. The van der Waals surface area contributed by atoms with E-state index >= 15 is 0 Å². The van der Waals surface area contributed by atoms with E-state index in [1.165, 1.54) is 11.3 Å². The van der Waals surface area contributed by atoms with Gasteiger partial charge in [0.25, 0.3) is 0 Å². The summed E-state index contributed by atoms with van der Waals surface area (Å²) in [6, 6.07) is 17.0. The van der Waals surface area contributed by atoms with E-state index in [-0.39, 0.29) is 6.42 Å². The fourth-order valence-corrected chi connectivity index (χ4v) is 3.78. The second-order valence-corrected chi connectivity index (χ2v) is 7.33. The number of benzene rings is 2. The zero-order chi connectivity index (χ0) is 18.4. The average molecular weight is 388 g/mol. The number of thiazole rings is 1. The summed E-state index contributed by atoms with van der Waals surface area (Å²) >= 11 is 7.32. The average Bonchev–Trinajstić information content (AvgIpc) is 3.03. The Balaban J connectivity index is 1.63. The van der Waals surface area contributed by atoms with Gasteiger partial charge in [-0.3, -0.25) is 4.79 Å².